The van der Waals surface area contributed by atoms with Crippen molar-refractivity contribution in [2.75, 3.05) is 24.1 Å². The van der Waals surface area contributed by atoms with Crippen LogP contribution >= 0.6 is 23.2 Å². The number of sulfonamides is 1. The number of ether oxygens (including phenoxy) is 1. The molecule has 1 aliphatic carbocycles. The first-order chi connectivity index (χ1) is 20.7. The number of amides is 1. The van der Waals surface area contributed by atoms with E-state index in [1.54, 1.807) is 23.1 Å². The van der Waals surface area contributed by atoms with Crippen molar-refractivity contribution in [3.63, 3.8) is 0 Å². The van der Waals surface area contributed by atoms with E-state index in [1.165, 1.54) is 18.2 Å². The van der Waals surface area contributed by atoms with Gasteiger partial charge >= 0.3 is 0 Å². The third-order valence-electron chi connectivity index (χ3n) is 7.55. The Morgan fingerprint density at radius 1 is 1.00 bits per heavy atom. The fourth-order valence-corrected chi connectivity index (χ4v) is 7.26. The lowest BCUT2D eigenvalue weighted by atomic mass is 9.98. The summed E-state index contributed by atoms with van der Waals surface area (Å²) in [6, 6.07) is 21.4. The van der Waals surface area contributed by atoms with Crippen molar-refractivity contribution >= 4 is 44.8 Å². The molecule has 2 aliphatic rings. The minimum Gasteiger partial charge on any atom is -0.396 e. The lowest BCUT2D eigenvalue weighted by Crippen LogP contribution is -2.57. The molecule has 0 radical (unpaired) electrons. The van der Waals surface area contributed by atoms with Crippen molar-refractivity contribution < 1.29 is 27.4 Å². The van der Waals surface area contributed by atoms with Crippen LogP contribution in [0.15, 0.2) is 78.9 Å². The minimum atomic E-state index is -3.81. The van der Waals surface area contributed by atoms with Gasteiger partial charge in [0, 0.05) is 16.7 Å². The van der Waals surface area contributed by atoms with Gasteiger partial charge in [0.15, 0.2) is 0 Å². The zero-order valence-electron chi connectivity index (χ0n) is 24.0. The fraction of sp³-hybridized carbons (Fsp3) is 0.406. The predicted octanol–water partition coefficient (Wildman–Crippen LogP) is 6.64. The third-order valence-corrected chi connectivity index (χ3v) is 10.3. The number of benzene rings is 3. The van der Waals surface area contributed by atoms with Crippen LogP contribution in [0.4, 0.5) is 10.1 Å². The second kappa shape index (κ2) is 15.3. The predicted molar refractivity (Wildman–Crippen MR) is 168 cm³/mol. The number of rotatable bonds is 11. The van der Waals surface area contributed by atoms with Crippen molar-refractivity contribution in [3.8, 4) is 0 Å². The van der Waals surface area contributed by atoms with Crippen molar-refractivity contribution in [1.82, 2.24) is 4.90 Å². The molecule has 232 valence electrons. The summed E-state index contributed by atoms with van der Waals surface area (Å²) in [5.74, 6) is -0.890. The summed E-state index contributed by atoms with van der Waals surface area (Å²) in [4.78, 5) is 15.4. The molecule has 3 unspecified atom stereocenters. The van der Waals surface area contributed by atoms with Gasteiger partial charge in [-0.2, -0.15) is 0 Å². The van der Waals surface area contributed by atoms with E-state index >= 15 is 0 Å². The highest BCUT2D eigenvalue weighted by molar-refractivity contribution is 7.93. The zero-order chi connectivity index (χ0) is 31.0. The van der Waals surface area contributed by atoms with Crippen LogP contribution in [0.2, 0.25) is 10.0 Å². The Bertz CT molecular complexity index is 1440. The highest BCUT2D eigenvalue weighted by Gasteiger charge is 2.45. The molecule has 5 rings (SSSR count). The number of carbonyl (C=O) groups excluding carboxylic acids is 1. The highest BCUT2D eigenvalue weighted by atomic mass is 35.5. The van der Waals surface area contributed by atoms with Crippen molar-refractivity contribution in [3.05, 3.63) is 100 Å². The molecule has 1 aliphatic heterocycles. The lowest BCUT2D eigenvalue weighted by molar-refractivity contribution is -0.164. The number of morpholine rings is 1. The number of halogens is 3. The standard InChI is InChI=1S/C26H32ClFN2O5S.C6H5Cl/c1-2-20(16-29(36(33,34)21-13-14-21)23-7-4-3-6-22(23)28)30-24(18-9-11-19(27)12-10-18)17-35-25(26(30)32)8-5-15-31;7-6-4-2-1-3-5-6/h3-4,6-7,9-12,20-21,24-25,31H,2,5,8,13-17H2,1H3;1-5H. The van der Waals surface area contributed by atoms with Gasteiger partial charge in [-0.25, -0.2) is 12.8 Å². The maximum absolute atomic E-state index is 14.9. The summed E-state index contributed by atoms with van der Waals surface area (Å²) in [7, 11) is -3.81. The average molecular weight is 652 g/mol. The van der Waals surface area contributed by atoms with Crippen LogP contribution in [-0.4, -0.2) is 61.5 Å². The number of hydrogen-bond acceptors (Lipinski definition) is 5. The van der Waals surface area contributed by atoms with Crippen LogP contribution in [0.3, 0.4) is 0 Å². The normalized spacial score (nSPS) is 19.4. The molecule has 3 atom stereocenters. The SMILES string of the molecule is CCC(CN(c1ccccc1F)S(=O)(=O)C1CC1)N1C(=O)C(CCCO)OCC1c1ccc(Cl)cc1.Clc1ccccc1. The molecule has 1 amide bonds. The smallest absolute Gasteiger partial charge is 0.252 e. The van der Waals surface area contributed by atoms with Crippen LogP contribution in [0.1, 0.15) is 50.6 Å². The van der Waals surface area contributed by atoms with E-state index in [0.717, 1.165) is 14.9 Å². The molecule has 3 aromatic carbocycles. The monoisotopic (exact) mass is 650 g/mol. The first-order valence-electron chi connectivity index (χ1n) is 14.4. The molecule has 1 N–H and O–H groups in total. The minimum absolute atomic E-state index is 0.0107. The van der Waals surface area contributed by atoms with E-state index in [2.05, 4.69) is 0 Å². The second-order valence-corrected chi connectivity index (χ2v) is 13.6. The molecule has 2 fully saturated rings. The van der Waals surface area contributed by atoms with Gasteiger partial charge in [0.1, 0.15) is 11.9 Å². The van der Waals surface area contributed by atoms with Gasteiger partial charge in [-0.05, 0) is 74.1 Å². The molecular formula is C32H37Cl2FN2O5S. The van der Waals surface area contributed by atoms with Gasteiger partial charge in [0.05, 0.1) is 36.2 Å². The largest absolute Gasteiger partial charge is 0.396 e. The quantitative estimate of drug-likeness (QED) is 0.251. The molecule has 11 heteroatoms. The van der Waals surface area contributed by atoms with Crippen LogP contribution in [0.5, 0.6) is 0 Å². The van der Waals surface area contributed by atoms with Crippen LogP contribution in [0.25, 0.3) is 0 Å². The summed E-state index contributed by atoms with van der Waals surface area (Å²) in [5, 5.41) is 10.1. The molecular weight excluding hydrogens is 614 g/mol. The topological polar surface area (TPSA) is 87.2 Å². The first kappa shape index (κ1) is 33.2. The van der Waals surface area contributed by atoms with E-state index in [-0.39, 0.29) is 31.4 Å². The van der Waals surface area contributed by atoms with E-state index < -0.39 is 39.3 Å². The van der Waals surface area contributed by atoms with E-state index in [0.29, 0.717) is 37.1 Å². The summed E-state index contributed by atoms with van der Waals surface area (Å²) in [5.41, 5.74) is 0.803. The van der Waals surface area contributed by atoms with Gasteiger partial charge in [-0.15, -0.1) is 0 Å². The number of para-hydroxylation sites is 1. The number of carbonyl (C=O) groups is 1. The van der Waals surface area contributed by atoms with Gasteiger partial charge < -0.3 is 14.7 Å². The Kier molecular flexibility index (Phi) is 11.9. The molecule has 7 nitrogen and oxygen atoms in total. The van der Waals surface area contributed by atoms with Crippen LogP contribution < -0.4 is 4.31 Å². The lowest BCUT2D eigenvalue weighted by Gasteiger charge is -2.45. The van der Waals surface area contributed by atoms with Gasteiger partial charge in [0.25, 0.3) is 5.91 Å². The maximum atomic E-state index is 14.9. The van der Waals surface area contributed by atoms with Crippen LogP contribution in [-0.2, 0) is 19.6 Å². The summed E-state index contributed by atoms with van der Waals surface area (Å²) >= 11 is 11.6. The molecule has 3 aromatic rings. The summed E-state index contributed by atoms with van der Waals surface area (Å²) in [6.07, 6.45) is 1.55. The molecule has 0 aromatic heterocycles. The molecule has 0 bridgehead atoms. The van der Waals surface area contributed by atoms with Crippen LogP contribution in [0, 0.1) is 5.82 Å². The van der Waals surface area contributed by atoms with Gasteiger partial charge in [-0.3, -0.25) is 9.10 Å². The Labute approximate surface area is 263 Å². The van der Waals surface area contributed by atoms with Crippen molar-refractivity contribution in [2.24, 2.45) is 0 Å². The maximum Gasteiger partial charge on any atom is 0.252 e. The van der Waals surface area contributed by atoms with E-state index in [9.17, 15) is 22.7 Å². The van der Waals surface area contributed by atoms with E-state index in [4.69, 9.17) is 27.9 Å². The number of anilines is 1. The third kappa shape index (κ3) is 8.48. The number of hydrogen-bond donors (Lipinski definition) is 1. The summed E-state index contributed by atoms with van der Waals surface area (Å²) in [6.45, 7) is 1.97. The molecule has 1 saturated carbocycles. The molecule has 43 heavy (non-hydrogen) atoms. The Balaban J connectivity index is 0.000000530. The van der Waals surface area contributed by atoms with E-state index in [1.807, 2.05) is 49.4 Å². The highest BCUT2D eigenvalue weighted by Crippen LogP contribution is 2.37. The Hall–Kier alpha value is -2.69. The second-order valence-electron chi connectivity index (χ2n) is 10.6. The Morgan fingerprint density at radius 2 is 1.63 bits per heavy atom. The van der Waals surface area contributed by atoms with Crippen molar-refractivity contribution in [1.29, 1.82) is 0 Å². The first-order valence-corrected chi connectivity index (χ1v) is 16.7. The van der Waals surface area contributed by atoms with Gasteiger partial charge in [0.2, 0.25) is 10.0 Å². The average Bonchev–Trinajstić information content (AvgIpc) is 3.86. The number of aliphatic hydroxyl groups is 1. The molecule has 0 spiro atoms. The number of nitrogens with zero attached hydrogens (tertiary/aromatic N) is 2. The zero-order valence-corrected chi connectivity index (χ0v) is 26.3. The van der Waals surface area contributed by atoms with Gasteiger partial charge in [-0.1, -0.05) is 72.6 Å². The summed E-state index contributed by atoms with van der Waals surface area (Å²) < 4.78 is 48.8. The molecule has 1 saturated heterocycles. The van der Waals surface area contributed by atoms with Crippen molar-refractivity contribution in [2.45, 2.75) is 62.5 Å². The number of aliphatic hydroxyl groups excluding tert-OH is 1. The fourth-order valence-electron chi connectivity index (χ4n) is 5.10. The molecule has 1 heterocycles. The Morgan fingerprint density at radius 3 is 2.19 bits per heavy atom.